The summed E-state index contributed by atoms with van der Waals surface area (Å²) in [6.07, 6.45) is 14.0. The van der Waals surface area contributed by atoms with E-state index in [1.807, 2.05) is 12.5 Å². The Kier molecular flexibility index (Phi) is 23.8. The maximum absolute atomic E-state index is 11.6. The van der Waals surface area contributed by atoms with Crippen LogP contribution in [0.15, 0.2) is 0 Å². The lowest BCUT2D eigenvalue weighted by Gasteiger charge is -2.30. The largest absolute Gasteiger partial charge is 0.479 e. The standard InChI is InChI=1S/C11H18O3S.C6H10O.C5H10O3S.2CH4.H2O/c1-15-8-5-9-10(12)14-11(13-9)6-3-2-4-7-11;7-6-4-2-1-3-5-6;1-9-3-2-4(6)5(7)8;;;/h9H,2-8H2,1H3;1-5H2;4,6H,2-3H2,1H3,(H,7,8);2*1H4;1H2. The van der Waals surface area contributed by atoms with Crippen molar-refractivity contribution in [2.45, 2.75) is 110 Å². The van der Waals surface area contributed by atoms with Gasteiger partial charge in [0.2, 0.25) is 5.79 Å². The van der Waals surface area contributed by atoms with E-state index in [1.54, 1.807) is 11.8 Å². The Bertz CT molecular complexity index is 545. The molecule has 3 aliphatic rings. The number of carbonyl (C=O) groups is 3. The van der Waals surface area contributed by atoms with E-state index in [0.717, 1.165) is 63.5 Å². The second-order valence-corrected chi connectivity index (χ2v) is 9.99. The number of carboxylic acid groups (broad SMARTS) is 1. The lowest BCUT2D eigenvalue weighted by atomic mass is 9.94. The summed E-state index contributed by atoms with van der Waals surface area (Å²) in [6, 6.07) is 0. The number of carbonyl (C=O) groups excluding carboxylic acids is 2. The van der Waals surface area contributed by atoms with E-state index < -0.39 is 17.9 Å². The molecule has 10 heteroatoms. The zero-order chi connectivity index (χ0) is 23.1. The topological polar surface area (TPSA) is 142 Å². The number of hydrogen-bond donors (Lipinski definition) is 2. The quantitative estimate of drug-likeness (QED) is 0.457. The van der Waals surface area contributed by atoms with Gasteiger partial charge in [-0.25, -0.2) is 9.59 Å². The van der Waals surface area contributed by atoms with Crippen molar-refractivity contribution < 1.29 is 39.5 Å². The summed E-state index contributed by atoms with van der Waals surface area (Å²) >= 11 is 3.26. The molecule has 34 heavy (non-hydrogen) atoms. The molecule has 4 N–H and O–H groups in total. The van der Waals surface area contributed by atoms with Crippen LogP contribution in [0.2, 0.25) is 0 Å². The lowest BCUT2D eigenvalue weighted by Crippen LogP contribution is -2.33. The van der Waals surface area contributed by atoms with Gasteiger partial charge in [-0.15, -0.1) is 0 Å². The van der Waals surface area contributed by atoms with Crippen molar-refractivity contribution in [1.29, 1.82) is 0 Å². The number of ketones is 1. The number of thioether (sulfide) groups is 2. The van der Waals surface area contributed by atoms with Crippen molar-refractivity contribution in [2.24, 2.45) is 0 Å². The van der Waals surface area contributed by atoms with Gasteiger partial charge in [0.05, 0.1) is 0 Å². The molecular formula is C24H48O8S2. The highest BCUT2D eigenvalue weighted by molar-refractivity contribution is 7.98. The van der Waals surface area contributed by atoms with Gasteiger partial charge in [-0.2, -0.15) is 23.5 Å². The number of aliphatic carboxylic acids is 1. The summed E-state index contributed by atoms with van der Waals surface area (Å²) in [7, 11) is 0. The van der Waals surface area contributed by atoms with Crippen molar-refractivity contribution in [3.05, 3.63) is 0 Å². The van der Waals surface area contributed by atoms with E-state index in [1.165, 1.54) is 24.6 Å². The summed E-state index contributed by atoms with van der Waals surface area (Å²) in [4.78, 5) is 32.0. The van der Waals surface area contributed by atoms with E-state index in [4.69, 9.17) is 19.7 Å². The van der Waals surface area contributed by atoms with Gasteiger partial charge >= 0.3 is 11.9 Å². The molecule has 0 aromatic rings. The monoisotopic (exact) mass is 528 g/mol. The average molecular weight is 529 g/mol. The molecule has 0 bridgehead atoms. The van der Waals surface area contributed by atoms with E-state index >= 15 is 0 Å². The van der Waals surface area contributed by atoms with Gasteiger partial charge in [-0.05, 0) is 62.5 Å². The maximum atomic E-state index is 11.6. The second kappa shape index (κ2) is 21.5. The first-order valence-corrected chi connectivity index (χ1v) is 13.9. The predicted octanol–water partition coefficient (Wildman–Crippen LogP) is 4.49. The Morgan fingerprint density at radius 1 is 1.00 bits per heavy atom. The summed E-state index contributed by atoms with van der Waals surface area (Å²) in [6.45, 7) is 0. The molecule has 0 aromatic heterocycles. The maximum Gasteiger partial charge on any atom is 0.337 e. The van der Waals surface area contributed by atoms with Crippen LogP contribution in [-0.4, -0.2) is 75.4 Å². The number of aliphatic hydroxyl groups is 1. The number of Topliss-reactive ketones (excluding diaryl/α,β-unsaturated/α-hetero) is 1. The Balaban J connectivity index is -0.000000441. The van der Waals surface area contributed by atoms with Crippen LogP contribution < -0.4 is 0 Å². The number of esters is 1. The van der Waals surface area contributed by atoms with Crippen molar-refractivity contribution in [1.82, 2.24) is 0 Å². The van der Waals surface area contributed by atoms with Crippen LogP contribution >= 0.6 is 23.5 Å². The number of ether oxygens (including phenoxy) is 2. The van der Waals surface area contributed by atoms with Crippen molar-refractivity contribution in [3.8, 4) is 0 Å². The van der Waals surface area contributed by atoms with Gasteiger partial charge in [0.1, 0.15) is 5.78 Å². The molecule has 1 saturated heterocycles. The molecule has 8 nitrogen and oxygen atoms in total. The van der Waals surface area contributed by atoms with Crippen LogP contribution in [0.3, 0.4) is 0 Å². The Labute approximate surface area is 214 Å². The van der Waals surface area contributed by atoms with Crippen LogP contribution in [0.1, 0.15) is 91.9 Å². The molecule has 3 rings (SSSR count). The van der Waals surface area contributed by atoms with E-state index in [9.17, 15) is 14.4 Å². The molecular weight excluding hydrogens is 480 g/mol. The number of aliphatic hydroxyl groups excluding tert-OH is 1. The smallest absolute Gasteiger partial charge is 0.337 e. The summed E-state index contributed by atoms with van der Waals surface area (Å²) in [5.74, 6) is 0.281. The highest BCUT2D eigenvalue weighted by atomic mass is 32.2. The zero-order valence-corrected chi connectivity index (χ0v) is 20.9. The van der Waals surface area contributed by atoms with Gasteiger partial charge in [0, 0.05) is 25.7 Å². The molecule has 1 aliphatic heterocycles. The van der Waals surface area contributed by atoms with Gasteiger partial charge in [0.15, 0.2) is 12.2 Å². The number of carboxylic acids is 1. The first-order valence-electron chi connectivity index (χ1n) is 11.1. The summed E-state index contributed by atoms with van der Waals surface area (Å²) in [5.41, 5.74) is 0. The van der Waals surface area contributed by atoms with E-state index in [-0.39, 0.29) is 32.4 Å². The minimum Gasteiger partial charge on any atom is -0.479 e. The average Bonchev–Trinajstić information content (AvgIpc) is 3.06. The van der Waals surface area contributed by atoms with E-state index in [0.29, 0.717) is 18.0 Å². The first-order chi connectivity index (χ1) is 14.8. The normalized spacial score (nSPS) is 21.1. The third kappa shape index (κ3) is 15.2. The van der Waals surface area contributed by atoms with Gasteiger partial charge in [-0.3, -0.25) is 4.79 Å². The van der Waals surface area contributed by atoms with Crippen LogP contribution in [0.25, 0.3) is 0 Å². The molecule has 0 radical (unpaired) electrons. The Morgan fingerprint density at radius 2 is 1.53 bits per heavy atom. The highest BCUT2D eigenvalue weighted by Crippen LogP contribution is 2.39. The lowest BCUT2D eigenvalue weighted by molar-refractivity contribution is -0.191. The SMILES string of the molecule is C.C.CSCCC(O)C(=O)O.CSCCC1OC2(CCCCC2)OC1=O.O.O=C1CCCCC1. The fourth-order valence-corrected chi connectivity index (χ4v) is 4.50. The zero-order valence-electron chi connectivity index (χ0n) is 19.3. The molecule has 1 heterocycles. The first kappa shape index (κ1) is 37.7. The molecule has 2 unspecified atom stereocenters. The molecule has 1 spiro atoms. The van der Waals surface area contributed by atoms with Crippen LogP contribution in [0.4, 0.5) is 0 Å². The number of rotatable bonds is 7. The Hall–Kier alpha value is -0.810. The van der Waals surface area contributed by atoms with Gasteiger partial charge in [0.25, 0.3) is 0 Å². The molecule has 204 valence electrons. The summed E-state index contributed by atoms with van der Waals surface area (Å²) < 4.78 is 11.2. The third-order valence-electron chi connectivity index (χ3n) is 5.40. The minimum absolute atomic E-state index is 0. The van der Waals surface area contributed by atoms with Crippen LogP contribution in [0.5, 0.6) is 0 Å². The van der Waals surface area contributed by atoms with Crippen molar-refractivity contribution >= 4 is 41.2 Å². The van der Waals surface area contributed by atoms with E-state index in [2.05, 4.69) is 0 Å². The molecule has 0 aromatic carbocycles. The minimum atomic E-state index is -1.18. The molecule has 3 fully saturated rings. The predicted molar refractivity (Wildman–Crippen MR) is 142 cm³/mol. The van der Waals surface area contributed by atoms with Gasteiger partial charge in [-0.1, -0.05) is 27.7 Å². The van der Waals surface area contributed by atoms with Crippen LogP contribution in [-0.2, 0) is 23.9 Å². The van der Waals surface area contributed by atoms with Gasteiger partial charge < -0.3 is 25.2 Å². The molecule has 2 atom stereocenters. The fourth-order valence-electron chi connectivity index (χ4n) is 3.59. The summed E-state index contributed by atoms with van der Waals surface area (Å²) in [5, 5.41) is 16.8. The molecule has 0 amide bonds. The van der Waals surface area contributed by atoms with Crippen molar-refractivity contribution in [2.75, 3.05) is 24.0 Å². The third-order valence-corrected chi connectivity index (χ3v) is 6.69. The number of hydrogen-bond acceptors (Lipinski definition) is 8. The highest BCUT2D eigenvalue weighted by Gasteiger charge is 2.47. The second-order valence-electron chi connectivity index (χ2n) is 8.02. The van der Waals surface area contributed by atoms with Crippen LogP contribution in [0, 0.1) is 0 Å². The Morgan fingerprint density at radius 3 is 1.97 bits per heavy atom. The fraction of sp³-hybridized carbons (Fsp3) is 0.875. The molecule has 2 aliphatic carbocycles. The van der Waals surface area contributed by atoms with Crippen molar-refractivity contribution in [3.63, 3.8) is 0 Å². The molecule has 2 saturated carbocycles.